The third kappa shape index (κ3) is 4.76. The Morgan fingerprint density at radius 1 is 1.21 bits per heavy atom. The Kier molecular flexibility index (Phi) is 6.18. The topological polar surface area (TPSA) is 52.5 Å². The Morgan fingerprint density at radius 2 is 1.89 bits per heavy atom. The summed E-state index contributed by atoms with van der Waals surface area (Å²) in [4.78, 5) is 13.1. The van der Waals surface area contributed by atoms with Gasteiger partial charge in [-0.2, -0.15) is 0 Å². The molecule has 1 aromatic rings. The van der Waals surface area contributed by atoms with Gasteiger partial charge in [0.1, 0.15) is 5.82 Å². The molecule has 108 valence electrons. The summed E-state index contributed by atoms with van der Waals surface area (Å²) in [5.74, 6) is 1.06. The Labute approximate surface area is 116 Å². The fourth-order valence-electron chi connectivity index (χ4n) is 1.88. The Bertz CT molecular complexity index is 393. The van der Waals surface area contributed by atoms with Gasteiger partial charge in [-0.3, -0.25) is 0 Å². The quantitative estimate of drug-likeness (QED) is 0.810. The van der Waals surface area contributed by atoms with Gasteiger partial charge in [0.25, 0.3) is 0 Å². The molecule has 0 bridgehead atoms. The molecule has 0 saturated heterocycles. The Morgan fingerprint density at radius 3 is 2.42 bits per heavy atom. The zero-order valence-corrected chi connectivity index (χ0v) is 12.7. The van der Waals surface area contributed by atoms with Crippen molar-refractivity contribution < 1.29 is 5.11 Å². The van der Waals surface area contributed by atoms with E-state index in [-0.39, 0.29) is 12.5 Å². The lowest BCUT2D eigenvalue weighted by molar-refractivity contribution is 0.276. The van der Waals surface area contributed by atoms with E-state index < -0.39 is 0 Å². The summed E-state index contributed by atoms with van der Waals surface area (Å²) < 4.78 is 0. The van der Waals surface area contributed by atoms with E-state index in [0.717, 1.165) is 31.0 Å². The number of aliphatic hydroxyl groups is 1. The molecule has 0 aromatic carbocycles. The van der Waals surface area contributed by atoms with E-state index >= 15 is 0 Å². The molecule has 1 N–H and O–H groups in total. The van der Waals surface area contributed by atoms with E-state index in [2.05, 4.69) is 47.7 Å². The molecule has 0 aliphatic carbocycles. The largest absolute Gasteiger partial charge is 0.390 e. The van der Waals surface area contributed by atoms with Gasteiger partial charge in [-0.05, 0) is 27.1 Å². The molecule has 5 heteroatoms. The van der Waals surface area contributed by atoms with Crippen LogP contribution < -0.4 is 4.90 Å². The van der Waals surface area contributed by atoms with Crippen molar-refractivity contribution in [2.75, 3.05) is 39.1 Å². The molecule has 0 amide bonds. The molecule has 0 saturated carbocycles. The molecular formula is C14H26N4O. The molecule has 1 heterocycles. The number of rotatable bonds is 7. The van der Waals surface area contributed by atoms with E-state index in [4.69, 9.17) is 0 Å². The molecule has 0 atom stereocenters. The van der Waals surface area contributed by atoms with Crippen molar-refractivity contribution in [2.24, 2.45) is 0 Å². The zero-order chi connectivity index (χ0) is 14.4. The first-order chi connectivity index (χ1) is 8.95. The maximum Gasteiger partial charge on any atom is 0.131 e. The van der Waals surface area contributed by atoms with E-state index in [0.29, 0.717) is 5.69 Å². The van der Waals surface area contributed by atoms with Crippen molar-refractivity contribution in [1.82, 2.24) is 14.9 Å². The highest BCUT2D eigenvalue weighted by Gasteiger charge is 2.12. The van der Waals surface area contributed by atoms with E-state index in [9.17, 15) is 5.11 Å². The first-order valence-corrected chi connectivity index (χ1v) is 6.78. The van der Waals surface area contributed by atoms with Crippen molar-refractivity contribution in [3.63, 3.8) is 0 Å². The van der Waals surface area contributed by atoms with E-state index in [1.54, 1.807) is 0 Å². The molecular weight excluding hydrogens is 240 g/mol. The molecule has 0 radical (unpaired) electrons. The molecule has 1 rings (SSSR count). The second-order valence-electron chi connectivity index (χ2n) is 5.45. The van der Waals surface area contributed by atoms with Crippen LogP contribution in [0.3, 0.4) is 0 Å². The number of nitrogens with zero attached hydrogens (tertiary/aromatic N) is 4. The SMILES string of the molecule is CC(C)c1ncc(N(C)CCCN(C)C)c(CO)n1. The smallest absolute Gasteiger partial charge is 0.131 e. The Hall–Kier alpha value is -1.20. The summed E-state index contributed by atoms with van der Waals surface area (Å²) >= 11 is 0. The van der Waals surface area contributed by atoms with Crippen LogP contribution in [0.15, 0.2) is 6.20 Å². The van der Waals surface area contributed by atoms with Gasteiger partial charge in [0.05, 0.1) is 24.2 Å². The predicted octanol–water partition coefficient (Wildman–Crippen LogP) is 1.48. The van der Waals surface area contributed by atoms with Gasteiger partial charge in [0.15, 0.2) is 0 Å². The summed E-state index contributed by atoms with van der Waals surface area (Å²) in [6, 6.07) is 0. The van der Waals surface area contributed by atoms with Crippen molar-refractivity contribution in [3.05, 3.63) is 17.7 Å². The highest BCUT2D eigenvalue weighted by atomic mass is 16.3. The number of aromatic nitrogens is 2. The van der Waals surface area contributed by atoms with Gasteiger partial charge >= 0.3 is 0 Å². The van der Waals surface area contributed by atoms with E-state index in [1.165, 1.54) is 0 Å². The second kappa shape index (κ2) is 7.40. The highest BCUT2D eigenvalue weighted by Crippen LogP contribution is 2.19. The summed E-state index contributed by atoms with van der Waals surface area (Å²) in [6.07, 6.45) is 2.89. The van der Waals surface area contributed by atoms with Gasteiger partial charge in [-0.25, -0.2) is 9.97 Å². The molecule has 0 aliphatic heterocycles. The number of aliphatic hydroxyl groups excluding tert-OH is 1. The van der Waals surface area contributed by atoms with Crippen LogP contribution in [0.5, 0.6) is 0 Å². The van der Waals surface area contributed by atoms with Crippen molar-refractivity contribution >= 4 is 5.69 Å². The van der Waals surface area contributed by atoms with Crippen molar-refractivity contribution in [2.45, 2.75) is 32.8 Å². The number of anilines is 1. The van der Waals surface area contributed by atoms with Crippen LogP contribution in [0.2, 0.25) is 0 Å². The monoisotopic (exact) mass is 266 g/mol. The van der Waals surface area contributed by atoms with Crippen LogP contribution in [0.4, 0.5) is 5.69 Å². The fraction of sp³-hybridized carbons (Fsp3) is 0.714. The minimum absolute atomic E-state index is 0.0460. The van der Waals surface area contributed by atoms with E-state index in [1.807, 2.05) is 13.2 Å². The van der Waals surface area contributed by atoms with Crippen LogP contribution in [0.1, 0.15) is 37.7 Å². The third-order valence-corrected chi connectivity index (χ3v) is 3.04. The molecule has 0 spiro atoms. The number of hydrogen-bond donors (Lipinski definition) is 1. The minimum atomic E-state index is -0.0460. The molecule has 0 fully saturated rings. The van der Waals surface area contributed by atoms with Gasteiger partial charge in [0, 0.05) is 19.5 Å². The lowest BCUT2D eigenvalue weighted by atomic mass is 10.2. The lowest BCUT2D eigenvalue weighted by Crippen LogP contribution is -2.25. The number of hydrogen-bond acceptors (Lipinski definition) is 5. The van der Waals surface area contributed by atoms with Gasteiger partial charge < -0.3 is 14.9 Å². The second-order valence-corrected chi connectivity index (χ2v) is 5.45. The van der Waals surface area contributed by atoms with Crippen LogP contribution in [-0.4, -0.2) is 54.2 Å². The average Bonchev–Trinajstić information content (AvgIpc) is 2.37. The lowest BCUT2D eigenvalue weighted by Gasteiger charge is -2.22. The maximum atomic E-state index is 9.46. The molecule has 0 unspecified atom stereocenters. The average molecular weight is 266 g/mol. The minimum Gasteiger partial charge on any atom is -0.390 e. The zero-order valence-electron chi connectivity index (χ0n) is 12.7. The maximum absolute atomic E-state index is 9.46. The van der Waals surface area contributed by atoms with Gasteiger partial charge in [0.2, 0.25) is 0 Å². The highest BCUT2D eigenvalue weighted by molar-refractivity contribution is 5.48. The van der Waals surface area contributed by atoms with Crippen molar-refractivity contribution in [1.29, 1.82) is 0 Å². The molecule has 19 heavy (non-hydrogen) atoms. The summed E-state index contributed by atoms with van der Waals surface area (Å²) in [6.45, 7) is 6.03. The summed E-state index contributed by atoms with van der Waals surface area (Å²) in [5.41, 5.74) is 1.64. The Balaban J connectivity index is 2.76. The molecule has 5 nitrogen and oxygen atoms in total. The van der Waals surface area contributed by atoms with Crippen LogP contribution >= 0.6 is 0 Å². The van der Waals surface area contributed by atoms with Crippen LogP contribution in [0, 0.1) is 0 Å². The molecule has 0 aliphatic rings. The summed E-state index contributed by atoms with van der Waals surface area (Å²) in [5, 5.41) is 9.46. The first kappa shape index (κ1) is 15.9. The molecule has 1 aromatic heterocycles. The van der Waals surface area contributed by atoms with Crippen LogP contribution in [0.25, 0.3) is 0 Å². The third-order valence-electron chi connectivity index (χ3n) is 3.04. The van der Waals surface area contributed by atoms with Gasteiger partial charge in [-0.15, -0.1) is 0 Å². The fourth-order valence-corrected chi connectivity index (χ4v) is 1.88. The van der Waals surface area contributed by atoms with Crippen LogP contribution in [-0.2, 0) is 6.61 Å². The summed E-state index contributed by atoms with van der Waals surface area (Å²) in [7, 11) is 6.15. The standard InChI is InChI=1S/C14H26N4O/c1-11(2)14-15-9-13(12(10-19)16-14)18(5)8-6-7-17(3)4/h9,11,19H,6-8,10H2,1-5H3. The predicted molar refractivity (Wildman–Crippen MR) is 78.5 cm³/mol. The van der Waals surface area contributed by atoms with Gasteiger partial charge in [-0.1, -0.05) is 13.8 Å². The normalized spacial score (nSPS) is 11.4. The first-order valence-electron chi connectivity index (χ1n) is 6.78. The van der Waals surface area contributed by atoms with Crippen molar-refractivity contribution in [3.8, 4) is 0 Å².